The van der Waals surface area contributed by atoms with Crippen molar-refractivity contribution in [3.05, 3.63) is 18.0 Å². The zero-order valence-corrected chi connectivity index (χ0v) is 11.4. The summed E-state index contributed by atoms with van der Waals surface area (Å²) in [6, 6.07) is 1.13. The Hall–Kier alpha value is -1.78. The van der Waals surface area contributed by atoms with Gasteiger partial charge in [-0.05, 0) is 18.9 Å². The normalized spacial score (nSPS) is 11.2. The summed E-state index contributed by atoms with van der Waals surface area (Å²) in [6.45, 7) is 0.279. The van der Waals surface area contributed by atoms with Crippen LogP contribution in [0.4, 0.5) is 0 Å². The number of unbranched alkanes of at least 4 members (excludes halogenated alkanes) is 2. The minimum atomic E-state index is -3.67. The van der Waals surface area contributed by atoms with E-state index in [0.717, 1.165) is 12.5 Å². The third kappa shape index (κ3) is 4.12. The monoisotopic (exact) mass is 284 g/mol. The van der Waals surface area contributed by atoms with Gasteiger partial charge in [-0.1, -0.05) is 0 Å². The lowest BCUT2D eigenvalue weighted by atomic mass is 10.2. The van der Waals surface area contributed by atoms with Crippen LogP contribution < -0.4 is 4.72 Å². The zero-order chi connectivity index (χ0) is 14.5. The van der Waals surface area contributed by atoms with Crippen LogP contribution in [0.1, 0.15) is 29.8 Å². The van der Waals surface area contributed by atoms with Crippen LogP contribution in [0.2, 0.25) is 0 Å². The van der Waals surface area contributed by atoms with Crippen LogP contribution in [0.5, 0.6) is 0 Å². The molecule has 0 spiro atoms. The highest BCUT2D eigenvalue weighted by molar-refractivity contribution is 7.89. The number of hydrogen-bond acceptors (Lipinski definition) is 3. The number of carboxylic acid groups (broad SMARTS) is 1. The quantitative estimate of drug-likeness (QED) is 0.573. The molecule has 0 aliphatic carbocycles. The highest BCUT2D eigenvalue weighted by atomic mass is 32.2. The molecule has 0 bridgehead atoms. The lowest BCUT2D eigenvalue weighted by molar-refractivity contribution is 0.0686. The van der Waals surface area contributed by atoms with Crippen molar-refractivity contribution >= 4 is 16.0 Å². The fourth-order valence-electron chi connectivity index (χ4n) is 1.54. The van der Waals surface area contributed by atoms with Crippen LogP contribution in [-0.2, 0) is 17.1 Å². The van der Waals surface area contributed by atoms with E-state index in [1.807, 2.05) is 0 Å². The summed E-state index contributed by atoms with van der Waals surface area (Å²) >= 11 is 0. The SMILES string of the molecule is C#CCCCCNS(=O)(=O)c1cc(C(=O)O)n(C)c1. The van der Waals surface area contributed by atoms with Crippen molar-refractivity contribution < 1.29 is 18.3 Å². The van der Waals surface area contributed by atoms with E-state index < -0.39 is 16.0 Å². The van der Waals surface area contributed by atoms with Crippen molar-refractivity contribution in [2.24, 2.45) is 7.05 Å². The number of aromatic nitrogens is 1. The van der Waals surface area contributed by atoms with Crippen LogP contribution in [0.25, 0.3) is 0 Å². The lowest BCUT2D eigenvalue weighted by Gasteiger charge is -2.03. The van der Waals surface area contributed by atoms with Gasteiger partial charge in [-0.3, -0.25) is 0 Å². The Bertz CT molecular complexity index is 596. The standard InChI is InChI=1S/C12H16N2O4S/c1-3-4-5-6-7-13-19(17,18)10-8-11(12(15)16)14(2)9-10/h1,8-9,13H,4-7H2,2H3,(H,15,16). The van der Waals surface area contributed by atoms with Crippen molar-refractivity contribution in [2.45, 2.75) is 24.2 Å². The molecule has 1 rings (SSSR count). The molecule has 0 aliphatic rings. The number of aromatic carboxylic acids is 1. The maximum absolute atomic E-state index is 11.9. The van der Waals surface area contributed by atoms with Crippen molar-refractivity contribution in [3.63, 3.8) is 0 Å². The summed E-state index contributed by atoms with van der Waals surface area (Å²) in [6.07, 6.45) is 8.35. The summed E-state index contributed by atoms with van der Waals surface area (Å²) in [5.41, 5.74) is -0.0762. The average molecular weight is 284 g/mol. The topological polar surface area (TPSA) is 88.4 Å². The molecule has 7 heteroatoms. The van der Waals surface area contributed by atoms with E-state index in [0.29, 0.717) is 12.8 Å². The molecule has 0 atom stereocenters. The number of hydrogen-bond donors (Lipinski definition) is 2. The molecule has 0 amide bonds. The van der Waals surface area contributed by atoms with E-state index in [4.69, 9.17) is 11.5 Å². The van der Waals surface area contributed by atoms with E-state index in [2.05, 4.69) is 10.6 Å². The Morgan fingerprint density at radius 2 is 2.21 bits per heavy atom. The Morgan fingerprint density at radius 1 is 1.53 bits per heavy atom. The number of nitrogens with one attached hydrogen (secondary N) is 1. The number of sulfonamides is 1. The minimum Gasteiger partial charge on any atom is -0.477 e. The molecule has 0 fully saturated rings. The zero-order valence-electron chi connectivity index (χ0n) is 10.6. The van der Waals surface area contributed by atoms with Gasteiger partial charge in [0.15, 0.2) is 0 Å². The van der Waals surface area contributed by atoms with Gasteiger partial charge in [0.25, 0.3) is 0 Å². The summed E-state index contributed by atoms with van der Waals surface area (Å²) in [7, 11) is -2.19. The van der Waals surface area contributed by atoms with E-state index in [1.165, 1.54) is 17.8 Å². The predicted octanol–water partition coefficient (Wildman–Crippen LogP) is 0.805. The van der Waals surface area contributed by atoms with Gasteiger partial charge in [0.1, 0.15) is 10.6 Å². The highest BCUT2D eigenvalue weighted by Crippen LogP contribution is 2.13. The van der Waals surface area contributed by atoms with Gasteiger partial charge in [0, 0.05) is 26.2 Å². The molecule has 0 unspecified atom stereocenters. The van der Waals surface area contributed by atoms with Crippen LogP contribution in [-0.4, -0.2) is 30.6 Å². The van der Waals surface area contributed by atoms with Crippen molar-refractivity contribution in [1.82, 2.24) is 9.29 Å². The molecule has 0 aromatic carbocycles. The molecule has 2 N–H and O–H groups in total. The third-order valence-corrected chi connectivity index (χ3v) is 3.98. The Kier molecular flexibility index (Phi) is 5.15. The molecule has 1 heterocycles. The van der Waals surface area contributed by atoms with E-state index >= 15 is 0 Å². The molecule has 0 aliphatic heterocycles. The molecule has 0 radical (unpaired) electrons. The van der Waals surface area contributed by atoms with Gasteiger partial charge in [-0.15, -0.1) is 12.3 Å². The molecule has 19 heavy (non-hydrogen) atoms. The number of carbonyl (C=O) groups is 1. The van der Waals surface area contributed by atoms with Crippen molar-refractivity contribution in [3.8, 4) is 12.3 Å². The summed E-state index contributed by atoms with van der Waals surface area (Å²) in [4.78, 5) is 10.8. The van der Waals surface area contributed by atoms with Crippen LogP contribution in [0, 0.1) is 12.3 Å². The van der Waals surface area contributed by atoms with E-state index in [9.17, 15) is 13.2 Å². The van der Waals surface area contributed by atoms with Gasteiger partial charge in [-0.25, -0.2) is 17.9 Å². The summed E-state index contributed by atoms with van der Waals surface area (Å²) in [5, 5.41) is 8.86. The molecule has 0 saturated heterocycles. The third-order valence-electron chi connectivity index (χ3n) is 2.55. The maximum Gasteiger partial charge on any atom is 0.352 e. The Morgan fingerprint density at radius 3 is 2.74 bits per heavy atom. The number of aryl methyl sites for hydroxylation is 1. The van der Waals surface area contributed by atoms with Gasteiger partial charge in [0.2, 0.25) is 10.0 Å². The average Bonchev–Trinajstić information content (AvgIpc) is 2.72. The highest BCUT2D eigenvalue weighted by Gasteiger charge is 2.19. The largest absolute Gasteiger partial charge is 0.477 e. The molecular weight excluding hydrogens is 268 g/mol. The second-order valence-corrected chi connectivity index (χ2v) is 5.80. The Balaban J connectivity index is 2.70. The van der Waals surface area contributed by atoms with E-state index in [1.54, 1.807) is 0 Å². The molecular formula is C12H16N2O4S. The van der Waals surface area contributed by atoms with Crippen molar-refractivity contribution in [1.29, 1.82) is 0 Å². The van der Waals surface area contributed by atoms with Crippen LogP contribution in [0.3, 0.4) is 0 Å². The first kappa shape index (κ1) is 15.3. The summed E-state index contributed by atoms with van der Waals surface area (Å²) < 4.78 is 27.5. The van der Waals surface area contributed by atoms with Gasteiger partial charge in [0.05, 0.1) is 0 Å². The first-order chi connectivity index (χ1) is 8.88. The fraction of sp³-hybridized carbons (Fsp3) is 0.417. The van der Waals surface area contributed by atoms with Gasteiger partial charge in [-0.2, -0.15) is 0 Å². The van der Waals surface area contributed by atoms with Crippen molar-refractivity contribution in [2.75, 3.05) is 6.54 Å². The molecule has 0 saturated carbocycles. The molecule has 6 nitrogen and oxygen atoms in total. The first-order valence-electron chi connectivity index (χ1n) is 5.71. The smallest absolute Gasteiger partial charge is 0.352 e. The second-order valence-electron chi connectivity index (χ2n) is 4.04. The minimum absolute atomic E-state index is 0.0515. The maximum atomic E-state index is 11.9. The van der Waals surface area contributed by atoms with Crippen LogP contribution >= 0.6 is 0 Å². The molecule has 1 aromatic rings. The number of terminal acetylenes is 1. The van der Waals surface area contributed by atoms with Gasteiger partial charge >= 0.3 is 5.97 Å². The Labute approximate surface area is 112 Å². The number of nitrogens with zero attached hydrogens (tertiary/aromatic N) is 1. The van der Waals surface area contributed by atoms with Crippen LogP contribution in [0.15, 0.2) is 17.2 Å². The second kappa shape index (κ2) is 6.41. The van der Waals surface area contributed by atoms with Gasteiger partial charge < -0.3 is 9.67 Å². The lowest BCUT2D eigenvalue weighted by Crippen LogP contribution is -2.24. The van der Waals surface area contributed by atoms with E-state index in [-0.39, 0.29) is 17.1 Å². The predicted molar refractivity (Wildman–Crippen MR) is 70.2 cm³/mol. The number of rotatable bonds is 7. The fourth-order valence-corrected chi connectivity index (χ4v) is 2.68. The first-order valence-corrected chi connectivity index (χ1v) is 7.19. The molecule has 104 valence electrons. The number of carboxylic acids is 1. The summed E-state index contributed by atoms with van der Waals surface area (Å²) in [5.74, 6) is 1.31. The molecule has 1 aromatic heterocycles.